The van der Waals surface area contributed by atoms with Crippen LogP contribution in [0.15, 0.2) is 21.1 Å². The summed E-state index contributed by atoms with van der Waals surface area (Å²) >= 11 is 6.44. The second-order valence-corrected chi connectivity index (χ2v) is 7.09. The molecule has 100 valence electrons. The van der Waals surface area contributed by atoms with Crippen LogP contribution in [0.4, 0.5) is 5.69 Å². The van der Waals surface area contributed by atoms with Gasteiger partial charge in [-0.3, -0.25) is 4.72 Å². The van der Waals surface area contributed by atoms with Gasteiger partial charge in [0.05, 0.1) is 24.1 Å². The molecule has 0 spiro atoms. The van der Waals surface area contributed by atoms with Crippen LogP contribution in [0.5, 0.6) is 0 Å². The molecule has 0 heterocycles. The number of sulfonamides is 1. The van der Waals surface area contributed by atoms with Crippen molar-refractivity contribution >= 4 is 53.5 Å². The first-order chi connectivity index (χ1) is 8.30. The van der Waals surface area contributed by atoms with Crippen molar-refractivity contribution in [2.24, 2.45) is 0 Å². The molecule has 0 fully saturated rings. The van der Waals surface area contributed by atoms with E-state index < -0.39 is 16.0 Å². The number of anilines is 1. The lowest BCUT2D eigenvalue weighted by Gasteiger charge is -2.13. The number of carbonyl (C=O) groups is 1. The van der Waals surface area contributed by atoms with Gasteiger partial charge >= 0.3 is 5.97 Å². The zero-order valence-corrected chi connectivity index (χ0v) is 13.6. The molecule has 0 aromatic heterocycles. The third-order valence-corrected chi connectivity index (χ3v) is 4.46. The maximum Gasteiger partial charge on any atom is 0.340 e. The number of halogens is 2. The third-order valence-electron chi connectivity index (χ3n) is 2.10. The summed E-state index contributed by atoms with van der Waals surface area (Å²) in [5.41, 5.74) is 0.308. The molecule has 0 atom stereocenters. The van der Waals surface area contributed by atoms with Crippen molar-refractivity contribution in [3.05, 3.63) is 26.6 Å². The summed E-state index contributed by atoms with van der Waals surface area (Å²) in [5, 5.41) is 0. The number of methoxy groups -OCH3 is 1. The Balaban J connectivity index is 3.37. The Morgan fingerprint density at radius 2 is 2.00 bits per heavy atom. The predicted molar refractivity (Wildman–Crippen MR) is 76.3 cm³/mol. The van der Waals surface area contributed by atoms with E-state index in [1.807, 2.05) is 0 Å². The van der Waals surface area contributed by atoms with E-state index in [0.29, 0.717) is 8.95 Å². The van der Waals surface area contributed by atoms with Gasteiger partial charge in [0, 0.05) is 8.95 Å². The molecule has 0 unspecified atom stereocenters. The van der Waals surface area contributed by atoms with Crippen LogP contribution in [0, 0.1) is 0 Å². The molecule has 0 aliphatic heterocycles. The van der Waals surface area contributed by atoms with Crippen molar-refractivity contribution in [1.29, 1.82) is 0 Å². The Labute approximate surface area is 122 Å². The number of hydrogen-bond donors (Lipinski definition) is 1. The van der Waals surface area contributed by atoms with Crippen molar-refractivity contribution in [3.63, 3.8) is 0 Å². The SMILES string of the molecule is CCS(=O)(=O)Nc1c(Br)cc(Br)cc1C(=O)OC. The minimum absolute atomic E-state index is 0.0872. The lowest BCUT2D eigenvalue weighted by molar-refractivity contribution is 0.0602. The first-order valence-electron chi connectivity index (χ1n) is 4.88. The minimum atomic E-state index is -3.48. The summed E-state index contributed by atoms with van der Waals surface area (Å²) in [6.07, 6.45) is 0. The number of rotatable bonds is 4. The van der Waals surface area contributed by atoms with Crippen molar-refractivity contribution in [2.45, 2.75) is 6.92 Å². The van der Waals surface area contributed by atoms with Crippen LogP contribution in [0.3, 0.4) is 0 Å². The Kier molecular flexibility index (Phi) is 5.18. The fourth-order valence-corrected chi connectivity index (χ4v) is 3.31. The maximum atomic E-state index is 11.6. The van der Waals surface area contributed by atoms with Crippen LogP contribution in [-0.4, -0.2) is 27.2 Å². The first-order valence-corrected chi connectivity index (χ1v) is 8.12. The summed E-state index contributed by atoms with van der Waals surface area (Å²) < 4.78 is 31.2. The van der Waals surface area contributed by atoms with Gasteiger partial charge in [-0.25, -0.2) is 13.2 Å². The molecule has 8 heteroatoms. The average molecular weight is 401 g/mol. The molecule has 1 aromatic rings. The van der Waals surface area contributed by atoms with Gasteiger partial charge in [0.15, 0.2) is 0 Å². The molecular formula is C10H11Br2NO4S. The van der Waals surface area contributed by atoms with Crippen LogP contribution >= 0.6 is 31.9 Å². The van der Waals surface area contributed by atoms with E-state index in [2.05, 4.69) is 41.3 Å². The van der Waals surface area contributed by atoms with Crippen LogP contribution in [0.1, 0.15) is 17.3 Å². The second kappa shape index (κ2) is 6.03. The average Bonchev–Trinajstić information content (AvgIpc) is 2.31. The second-order valence-electron chi connectivity index (χ2n) is 3.31. The normalized spacial score (nSPS) is 11.1. The third kappa shape index (κ3) is 3.69. The zero-order valence-electron chi connectivity index (χ0n) is 9.66. The van der Waals surface area contributed by atoms with E-state index in [4.69, 9.17) is 0 Å². The molecule has 1 aromatic carbocycles. The summed E-state index contributed by atoms with van der Waals surface area (Å²) in [6.45, 7) is 1.51. The summed E-state index contributed by atoms with van der Waals surface area (Å²) in [7, 11) is -2.24. The number of esters is 1. The number of carbonyl (C=O) groups excluding carboxylic acids is 1. The monoisotopic (exact) mass is 399 g/mol. The quantitative estimate of drug-likeness (QED) is 0.788. The molecule has 1 N–H and O–H groups in total. The van der Waals surface area contributed by atoms with E-state index in [0.717, 1.165) is 0 Å². The number of benzene rings is 1. The fourth-order valence-electron chi connectivity index (χ4n) is 1.18. The molecule has 18 heavy (non-hydrogen) atoms. The van der Waals surface area contributed by atoms with Crippen molar-refractivity contribution in [3.8, 4) is 0 Å². The van der Waals surface area contributed by atoms with Gasteiger partial charge in [0.2, 0.25) is 10.0 Å². The Hall–Kier alpha value is -0.600. The van der Waals surface area contributed by atoms with E-state index in [1.165, 1.54) is 20.1 Å². The molecule has 0 bridgehead atoms. The van der Waals surface area contributed by atoms with Gasteiger partial charge in [0.25, 0.3) is 0 Å². The fraction of sp³-hybridized carbons (Fsp3) is 0.300. The molecule has 1 rings (SSSR count). The number of ether oxygens (including phenoxy) is 1. The topological polar surface area (TPSA) is 72.5 Å². The van der Waals surface area contributed by atoms with E-state index in [-0.39, 0.29) is 17.0 Å². The van der Waals surface area contributed by atoms with Gasteiger partial charge in [-0.15, -0.1) is 0 Å². The first kappa shape index (κ1) is 15.5. The lowest BCUT2D eigenvalue weighted by atomic mass is 10.2. The largest absolute Gasteiger partial charge is 0.465 e. The molecule has 0 aliphatic rings. The van der Waals surface area contributed by atoms with E-state index in [9.17, 15) is 13.2 Å². The lowest BCUT2D eigenvalue weighted by Crippen LogP contribution is -2.18. The highest BCUT2D eigenvalue weighted by molar-refractivity contribution is 9.11. The molecule has 0 aliphatic carbocycles. The van der Waals surface area contributed by atoms with Crippen LogP contribution in [0.25, 0.3) is 0 Å². The maximum absolute atomic E-state index is 11.6. The smallest absolute Gasteiger partial charge is 0.340 e. The van der Waals surface area contributed by atoms with E-state index in [1.54, 1.807) is 6.07 Å². The van der Waals surface area contributed by atoms with Gasteiger partial charge < -0.3 is 4.74 Å². The molecule has 0 saturated heterocycles. The predicted octanol–water partition coefficient (Wildman–Crippen LogP) is 2.76. The van der Waals surface area contributed by atoms with Crippen LogP contribution in [0.2, 0.25) is 0 Å². The Morgan fingerprint density at radius 3 is 2.50 bits per heavy atom. The molecule has 0 radical (unpaired) electrons. The van der Waals surface area contributed by atoms with Gasteiger partial charge in [-0.2, -0.15) is 0 Å². The highest BCUT2D eigenvalue weighted by Crippen LogP contribution is 2.32. The standard InChI is InChI=1S/C10H11Br2NO4S/c1-3-18(15,16)13-9-7(10(14)17-2)4-6(11)5-8(9)12/h4-5,13H,3H2,1-2H3. The van der Waals surface area contributed by atoms with Gasteiger partial charge in [-0.05, 0) is 35.0 Å². The van der Waals surface area contributed by atoms with Crippen molar-refractivity contribution < 1.29 is 17.9 Å². The van der Waals surface area contributed by atoms with Crippen LogP contribution < -0.4 is 4.72 Å². The van der Waals surface area contributed by atoms with Gasteiger partial charge in [-0.1, -0.05) is 15.9 Å². The van der Waals surface area contributed by atoms with Crippen molar-refractivity contribution in [2.75, 3.05) is 17.6 Å². The van der Waals surface area contributed by atoms with E-state index >= 15 is 0 Å². The number of nitrogens with one attached hydrogen (secondary N) is 1. The molecule has 5 nitrogen and oxygen atoms in total. The molecular weight excluding hydrogens is 390 g/mol. The summed E-state index contributed by atoms with van der Waals surface area (Å²) in [4.78, 5) is 11.6. The van der Waals surface area contributed by atoms with Crippen molar-refractivity contribution in [1.82, 2.24) is 0 Å². The Morgan fingerprint density at radius 1 is 1.39 bits per heavy atom. The zero-order chi connectivity index (χ0) is 13.9. The minimum Gasteiger partial charge on any atom is -0.465 e. The molecule has 0 saturated carbocycles. The van der Waals surface area contributed by atoms with Crippen LogP contribution in [-0.2, 0) is 14.8 Å². The molecule has 0 amide bonds. The van der Waals surface area contributed by atoms with Gasteiger partial charge in [0.1, 0.15) is 0 Å². The highest BCUT2D eigenvalue weighted by atomic mass is 79.9. The summed E-state index contributed by atoms with van der Waals surface area (Å²) in [5.74, 6) is -0.707. The number of hydrogen-bond acceptors (Lipinski definition) is 4. The Bertz CT molecular complexity index is 571. The summed E-state index contributed by atoms with van der Waals surface area (Å²) in [6, 6.07) is 3.13. The highest BCUT2D eigenvalue weighted by Gasteiger charge is 2.19.